The minimum Gasteiger partial charge on any atom is -0.496 e. The zero-order valence-corrected chi connectivity index (χ0v) is 18.5. The SMILES string of the molecule is COc1c([C@@H]2[C@@H](C(=O)Nc3ccnc(C(=O)O)c3)O[C@](C)(C(F)(F)F)[C@@H]2C)ccc(F)c1C(F)F. The summed E-state index contributed by atoms with van der Waals surface area (Å²) in [6, 6.07) is 3.81. The van der Waals surface area contributed by atoms with Crippen molar-refractivity contribution in [2.24, 2.45) is 5.92 Å². The van der Waals surface area contributed by atoms with Gasteiger partial charge in [-0.1, -0.05) is 13.0 Å². The molecule has 0 spiro atoms. The third-order valence-corrected chi connectivity index (χ3v) is 6.13. The number of anilines is 1. The number of nitrogens with one attached hydrogen (secondary N) is 1. The molecule has 0 unspecified atom stereocenters. The van der Waals surface area contributed by atoms with Crippen LogP contribution in [0.4, 0.5) is 32.0 Å². The second-order valence-electron chi connectivity index (χ2n) is 8.07. The van der Waals surface area contributed by atoms with E-state index in [0.717, 1.165) is 39.3 Å². The molecular formula is C22H20F6N2O5. The molecule has 2 aromatic rings. The standard InChI is InChI=1S/C22H20F6N2O5/c1-9-14(11-4-5-12(23)15(18(24)25)16(11)34-3)17(35-21(9,2)22(26,27)28)19(31)30-10-6-7-29-13(8-10)20(32)33/h4-9,14,17-18H,1-3H3,(H,32,33)(H,29,30,31)/t9-,14-,17+,21+/m1/s1. The first kappa shape index (κ1) is 26.3. The molecule has 1 saturated heterocycles. The number of amides is 1. The first-order valence-corrected chi connectivity index (χ1v) is 10.1. The van der Waals surface area contributed by atoms with Crippen molar-refractivity contribution in [1.82, 2.24) is 4.98 Å². The lowest BCUT2D eigenvalue weighted by Gasteiger charge is -2.32. The Balaban J connectivity index is 2.12. The molecule has 3 rings (SSSR count). The van der Waals surface area contributed by atoms with Crippen LogP contribution in [0.25, 0.3) is 0 Å². The van der Waals surface area contributed by atoms with E-state index in [-0.39, 0.29) is 11.3 Å². The van der Waals surface area contributed by atoms with Crippen LogP contribution < -0.4 is 10.1 Å². The number of carbonyl (C=O) groups excluding carboxylic acids is 1. The molecule has 1 amide bonds. The number of methoxy groups -OCH3 is 1. The van der Waals surface area contributed by atoms with Gasteiger partial charge in [0.15, 0.2) is 5.60 Å². The van der Waals surface area contributed by atoms with Gasteiger partial charge in [-0.25, -0.2) is 22.9 Å². The number of pyridine rings is 1. The highest BCUT2D eigenvalue weighted by molar-refractivity contribution is 5.96. The van der Waals surface area contributed by atoms with Crippen molar-refractivity contribution in [2.75, 3.05) is 12.4 Å². The number of halogens is 6. The van der Waals surface area contributed by atoms with Crippen molar-refractivity contribution >= 4 is 17.6 Å². The largest absolute Gasteiger partial charge is 0.496 e. The van der Waals surface area contributed by atoms with Gasteiger partial charge in [0, 0.05) is 29.3 Å². The van der Waals surface area contributed by atoms with Gasteiger partial charge in [0.05, 0.1) is 12.7 Å². The number of ether oxygens (including phenoxy) is 2. The van der Waals surface area contributed by atoms with Crippen LogP contribution in [0, 0.1) is 11.7 Å². The monoisotopic (exact) mass is 506 g/mol. The number of rotatable bonds is 6. The second kappa shape index (κ2) is 9.36. The first-order valence-electron chi connectivity index (χ1n) is 10.1. The molecule has 190 valence electrons. The number of aromatic carboxylic acids is 1. The Morgan fingerprint density at radius 2 is 1.91 bits per heavy atom. The zero-order valence-electron chi connectivity index (χ0n) is 18.5. The van der Waals surface area contributed by atoms with Gasteiger partial charge >= 0.3 is 12.1 Å². The normalized spacial score (nSPS) is 24.5. The summed E-state index contributed by atoms with van der Waals surface area (Å²) in [5.74, 6) is -7.54. The second-order valence-corrected chi connectivity index (χ2v) is 8.07. The van der Waals surface area contributed by atoms with E-state index in [0.29, 0.717) is 6.07 Å². The van der Waals surface area contributed by atoms with Crippen LogP contribution in [0.3, 0.4) is 0 Å². The average molecular weight is 506 g/mol. The summed E-state index contributed by atoms with van der Waals surface area (Å²) < 4.78 is 93.5. The molecule has 4 atom stereocenters. The quantitative estimate of drug-likeness (QED) is 0.539. The molecule has 1 aliphatic rings. The maximum atomic E-state index is 14.1. The highest BCUT2D eigenvalue weighted by atomic mass is 19.4. The summed E-state index contributed by atoms with van der Waals surface area (Å²) >= 11 is 0. The van der Waals surface area contributed by atoms with E-state index in [4.69, 9.17) is 14.6 Å². The van der Waals surface area contributed by atoms with Crippen LogP contribution in [-0.2, 0) is 9.53 Å². The van der Waals surface area contributed by atoms with Crippen molar-refractivity contribution in [2.45, 2.75) is 44.1 Å². The van der Waals surface area contributed by atoms with Gasteiger partial charge in [-0.05, 0) is 25.1 Å². The summed E-state index contributed by atoms with van der Waals surface area (Å²) in [5, 5.41) is 11.3. The number of nitrogens with zero attached hydrogens (tertiary/aromatic N) is 1. The van der Waals surface area contributed by atoms with E-state index in [1.54, 1.807) is 0 Å². The molecule has 35 heavy (non-hydrogen) atoms. The van der Waals surface area contributed by atoms with Crippen molar-refractivity contribution < 1.29 is 50.5 Å². The number of carboxylic acids is 1. The molecule has 2 heterocycles. The zero-order chi connectivity index (χ0) is 26.3. The highest BCUT2D eigenvalue weighted by Gasteiger charge is 2.66. The van der Waals surface area contributed by atoms with E-state index >= 15 is 0 Å². The van der Waals surface area contributed by atoms with Gasteiger partial charge in [0.2, 0.25) is 0 Å². The van der Waals surface area contributed by atoms with Gasteiger partial charge in [-0.15, -0.1) is 0 Å². The van der Waals surface area contributed by atoms with Crippen LogP contribution in [0.5, 0.6) is 5.75 Å². The molecule has 1 aliphatic heterocycles. The van der Waals surface area contributed by atoms with E-state index in [1.165, 1.54) is 6.07 Å². The lowest BCUT2D eigenvalue weighted by Crippen LogP contribution is -2.47. The Morgan fingerprint density at radius 1 is 1.26 bits per heavy atom. The fourth-order valence-electron chi connectivity index (χ4n) is 4.15. The molecule has 1 aromatic carbocycles. The minimum absolute atomic E-state index is 0.0997. The van der Waals surface area contributed by atoms with Crippen LogP contribution in [0.2, 0.25) is 0 Å². The van der Waals surface area contributed by atoms with Gasteiger partial charge < -0.3 is 19.9 Å². The Morgan fingerprint density at radius 3 is 2.46 bits per heavy atom. The Kier molecular flexibility index (Phi) is 7.02. The van der Waals surface area contributed by atoms with E-state index in [9.17, 15) is 35.9 Å². The minimum atomic E-state index is -4.97. The number of aromatic nitrogens is 1. The summed E-state index contributed by atoms with van der Waals surface area (Å²) in [6.45, 7) is 1.85. The molecule has 2 N–H and O–H groups in total. The predicted octanol–water partition coefficient (Wildman–Crippen LogP) is 4.94. The van der Waals surface area contributed by atoms with Gasteiger partial charge in [0.1, 0.15) is 23.4 Å². The van der Waals surface area contributed by atoms with Crippen LogP contribution in [0.1, 0.15) is 47.8 Å². The average Bonchev–Trinajstić information content (AvgIpc) is 3.05. The number of hydrogen-bond donors (Lipinski definition) is 2. The fraction of sp³-hybridized carbons (Fsp3) is 0.409. The van der Waals surface area contributed by atoms with E-state index in [2.05, 4.69) is 10.3 Å². The number of carbonyl (C=O) groups is 2. The van der Waals surface area contributed by atoms with Crippen molar-refractivity contribution in [1.29, 1.82) is 0 Å². The molecule has 0 bridgehead atoms. The van der Waals surface area contributed by atoms with Crippen LogP contribution in [0.15, 0.2) is 30.5 Å². The van der Waals surface area contributed by atoms with Crippen molar-refractivity contribution in [3.05, 3.63) is 53.1 Å². The molecule has 1 aromatic heterocycles. The van der Waals surface area contributed by atoms with Gasteiger partial charge in [0.25, 0.3) is 12.3 Å². The van der Waals surface area contributed by atoms with Gasteiger partial charge in [-0.2, -0.15) is 13.2 Å². The maximum absolute atomic E-state index is 14.1. The van der Waals surface area contributed by atoms with E-state index < -0.39 is 70.8 Å². The lowest BCUT2D eigenvalue weighted by atomic mass is 9.76. The Hall–Kier alpha value is -3.35. The maximum Gasteiger partial charge on any atom is 0.417 e. The van der Waals surface area contributed by atoms with Gasteiger partial charge in [-0.3, -0.25) is 4.79 Å². The summed E-state index contributed by atoms with van der Waals surface area (Å²) in [6.07, 6.45) is -9.14. The molecular weight excluding hydrogens is 486 g/mol. The molecule has 1 fully saturated rings. The third-order valence-electron chi connectivity index (χ3n) is 6.13. The number of hydrogen-bond acceptors (Lipinski definition) is 5. The highest BCUT2D eigenvalue weighted by Crippen LogP contribution is 2.55. The number of carboxylic acid groups (broad SMARTS) is 1. The number of benzene rings is 1. The molecule has 0 aliphatic carbocycles. The molecule has 7 nitrogen and oxygen atoms in total. The molecule has 13 heteroatoms. The smallest absolute Gasteiger partial charge is 0.417 e. The lowest BCUT2D eigenvalue weighted by molar-refractivity contribution is -0.272. The summed E-state index contributed by atoms with van der Waals surface area (Å²) in [4.78, 5) is 27.8. The molecule has 0 radical (unpaired) electrons. The Bertz CT molecular complexity index is 1140. The van der Waals surface area contributed by atoms with Crippen LogP contribution >= 0.6 is 0 Å². The number of alkyl halides is 5. The summed E-state index contributed by atoms with van der Waals surface area (Å²) in [5.41, 5.74) is -4.85. The molecule has 0 saturated carbocycles. The fourth-order valence-corrected chi connectivity index (χ4v) is 4.15. The predicted molar refractivity (Wildman–Crippen MR) is 109 cm³/mol. The third kappa shape index (κ3) is 4.64. The summed E-state index contributed by atoms with van der Waals surface area (Å²) in [7, 11) is 0.951. The van der Waals surface area contributed by atoms with E-state index in [1.807, 2.05) is 0 Å². The van der Waals surface area contributed by atoms with Crippen molar-refractivity contribution in [3.63, 3.8) is 0 Å². The first-order chi connectivity index (χ1) is 16.2. The van der Waals surface area contributed by atoms with Crippen molar-refractivity contribution in [3.8, 4) is 5.75 Å². The Labute approximate surface area is 195 Å². The topological polar surface area (TPSA) is 97.8 Å². The van der Waals surface area contributed by atoms with Crippen LogP contribution in [-0.4, -0.2) is 47.0 Å².